The van der Waals surface area contributed by atoms with Gasteiger partial charge in [0.1, 0.15) is 6.04 Å². The lowest BCUT2D eigenvalue weighted by Gasteiger charge is -2.36. The summed E-state index contributed by atoms with van der Waals surface area (Å²) in [6, 6.07) is -1.62. The monoisotopic (exact) mass is 322 g/mol. The molecule has 1 amide bonds. The van der Waals surface area contributed by atoms with Gasteiger partial charge in [-0.2, -0.15) is 13.2 Å². The molecule has 0 aromatic rings. The molecule has 0 aliphatic carbocycles. The number of nitrogens with one attached hydrogen (secondary N) is 3. The minimum atomic E-state index is -4.34. The van der Waals surface area contributed by atoms with Gasteiger partial charge in [-0.3, -0.25) is 9.69 Å². The summed E-state index contributed by atoms with van der Waals surface area (Å²) in [5, 5.41) is 8.72. The Morgan fingerprint density at radius 1 is 1.32 bits per heavy atom. The van der Waals surface area contributed by atoms with Gasteiger partial charge in [0.2, 0.25) is 5.91 Å². The van der Waals surface area contributed by atoms with Crippen molar-refractivity contribution in [3.8, 4) is 0 Å². The van der Waals surface area contributed by atoms with Gasteiger partial charge in [0, 0.05) is 32.7 Å². The van der Waals surface area contributed by atoms with Crippen molar-refractivity contribution in [1.82, 2.24) is 20.9 Å². The van der Waals surface area contributed by atoms with Crippen molar-refractivity contribution < 1.29 is 18.0 Å². The smallest absolute Gasteiger partial charge is 0.353 e. The summed E-state index contributed by atoms with van der Waals surface area (Å²) < 4.78 is 39.8. The van der Waals surface area contributed by atoms with E-state index in [0.29, 0.717) is 39.0 Å². The van der Waals surface area contributed by atoms with Crippen molar-refractivity contribution in [3.05, 3.63) is 0 Å². The summed E-state index contributed by atoms with van der Waals surface area (Å²) in [6.07, 6.45) is -2.20. The molecule has 2 aliphatic heterocycles. The van der Waals surface area contributed by atoms with Crippen LogP contribution in [0.5, 0.6) is 0 Å². The Hall–Kier alpha value is -0.860. The number of nitrogens with zero attached hydrogens (tertiary/aromatic N) is 1. The fourth-order valence-corrected chi connectivity index (χ4v) is 3.27. The minimum absolute atomic E-state index is 0.308. The highest BCUT2D eigenvalue weighted by Gasteiger charge is 2.45. The molecule has 0 saturated carbocycles. The number of piperazine rings is 1. The molecule has 0 aromatic heterocycles. The lowest BCUT2D eigenvalue weighted by molar-refractivity contribution is -0.184. The lowest BCUT2D eigenvalue weighted by Crippen LogP contribution is -2.60. The molecule has 0 spiro atoms. The van der Waals surface area contributed by atoms with Crippen LogP contribution in [0.1, 0.15) is 26.2 Å². The molecule has 2 saturated heterocycles. The highest BCUT2D eigenvalue weighted by atomic mass is 19.4. The Bertz CT molecular complexity index is 377. The first kappa shape index (κ1) is 17.5. The number of carbonyl (C=O) groups is 1. The van der Waals surface area contributed by atoms with Crippen LogP contribution >= 0.6 is 0 Å². The van der Waals surface area contributed by atoms with Gasteiger partial charge in [0.25, 0.3) is 0 Å². The van der Waals surface area contributed by atoms with Crippen molar-refractivity contribution >= 4 is 5.91 Å². The van der Waals surface area contributed by atoms with Gasteiger partial charge >= 0.3 is 6.18 Å². The third kappa shape index (κ3) is 3.91. The van der Waals surface area contributed by atoms with Crippen LogP contribution in [0.25, 0.3) is 0 Å². The van der Waals surface area contributed by atoms with Crippen LogP contribution in [-0.2, 0) is 4.79 Å². The summed E-state index contributed by atoms with van der Waals surface area (Å²) in [5.74, 6) is -0.308. The van der Waals surface area contributed by atoms with Gasteiger partial charge in [-0.1, -0.05) is 6.92 Å². The van der Waals surface area contributed by atoms with E-state index < -0.39 is 17.8 Å². The van der Waals surface area contributed by atoms with E-state index in [9.17, 15) is 18.0 Å². The zero-order valence-electron chi connectivity index (χ0n) is 12.9. The predicted octanol–water partition coefficient (Wildman–Crippen LogP) is 0.471. The molecular formula is C14H25F3N4O. The van der Waals surface area contributed by atoms with Gasteiger partial charge in [0.05, 0.1) is 5.54 Å². The quantitative estimate of drug-likeness (QED) is 0.689. The molecule has 2 fully saturated rings. The molecule has 0 aromatic carbocycles. The summed E-state index contributed by atoms with van der Waals surface area (Å²) in [7, 11) is 0. The third-order valence-corrected chi connectivity index (χ3v) is 4.71. The molecule has 5 nitrogen and oxygen atoms in total. The Labute approximate surface area is 129 Å². The molecule has 22 heavy (non-hydrogen) atoms. The van der Waals surface area contributed by atoms with E-state index in [0.717, 1.165) is 13.0 Å². The summed E-state index contributed by atoms with van der Waals surface area (Å²) in [5.41, 5.74) is -0.695. The molecule has 2 rings (SSSR count). The van der Waals surface area contributed by atoms with E-state index in [-0.39, 0.29) is 12.5 Å². The van der Waals surface area contributed by atoms with Gasteiger partial charge in [-0.25, -0.2) is 0 Å². The number of hydrogen-bond donors (Lipinski definition) is 3. The summed E-state index contributed by atoms with van der Waals surface area (Å²) in [6.45, 7) is 4.01. The Morgan fingerprint density at radius 3 is 2.50 bits per heavy atom. The van der Waals surface area contributed by atoms with Crippen LogP contribution in [-0.4, -0.2) is 67.8 Å². The van der Waals surface area contributed by atoms with Crippen molar-refractivity contribution in [3.63, 3.8) is 0 Å². The topological polar surface area (TPSA) is 56.4 Å². The van der Waals surface area contributed by atoms with E-state index in [1.807, 2.05) is 6.92 Å². The number of carbonyl (C=O) groups excluding carboxylic acids is 1. The number of amides is 1. The molecule has 2 aliphatic rings. The Balaban J connectivity index is 1.97. The average Bonchev–Trinajstić information content (AvgIpc) is 2.97. The predicted molar refractivity (Wildman–Crippen MR) is 77.6 cm³/mol. The second kappa shape index (κ2) is 7.14. The van der Waals surface area contributed by atoms with E-state index in [4.69, 9.17) is 0 Å². The summed E-state index contributed by atoms with van der Waals surface area (Å²) >= 11 is 0. The first-order valence-electron chi connectivity index (χ1n) is 7.94. The molecule has 128 valence electrons. The molecule has 3 N–H and O–H groups in total. The van der Waals surface area contributed by atoms with Crippen molar-refractivity contribution in [2.24, 2.45) is 0 Å². The van der Waals surface area contributed by atoms with Crippen molar-refractivity contribution in [2.45, 2.75) is 43.9 Å². The van der Waals surface area contributed by atoms with Gasteiger partial charge < -0.3 is 16.0 Å². The molecule has 0 radical (unpaired) electrons. The first-order valence-corrected chi connectivity index (χ1v) is 7.94. The van der Waals surface area contributed by atoms with E-state index in [1.54, 1.807) is 0 Å². The molecule has 2 unspecified atom stereocenters. The SMILES string of the molecule is CCC1(C(=O)NCC(N2CCNCC2)C(F)(F)F)CCCN1. The zero-order chi connectivity index (χ0) is 16.2. The van der Waals surface area contributed by atoms with E-state index in [1.165, 1.54) is 4.90 Å². The van der Waals surface area contributed by atoms with Crippen LogP contribution in [0.15, 0.2) is 0 Å². The van der Waals surface area contributed by atoms with Crippen molar-refractivity contribution in [1.29, 1.82) is 0 Å². The molecular weight excluding hydrogens is 297 g/mol. The first-order chi connectivity index (χ1) is 10.4. The fourth-order valence-electron chi connectivity index (χ4n) is 3.27. The Morgan fingerprint density at radius 2 is 2.00 bits per heavy atom. The van der Waals surface area contributed by atoms with E-state index in [2.05, 4.69) is 16.0 Å². The fraction of sp³-hybridized carbons (Fsp3) is 0.929. The maximum atomic E-state index is 13.3. The zero-order valence-corrected chi connectivity index (χ0v) is 12.9. The standard InChI is InChI=1S/C14H25F3N4O/c1-2-13(4-3-5-20-13)12(22)19-10-11(14(15,16)17)21-8-6-18-7-9-21/h11,18,20H,2-10H2,1H3,(H,19,22). The maximum Gasteiger partial charge on any atom is 0.405 e. The minimum Gasteiger partial charge on any atom is -0.353 e. The summed E-state index contributed by atoms with van der Waals surface area (Å²) in [4.78, 5) is 13.7. The van der Waals surface area contributed by atoms with Crippen LogP contribution in [0.4, 0.5) is 13.2 Å². The molecule has 2 atom stereocenters. The van der Waals surface area contributed by atoms with Crippen LogP contribution in [0.2, 0.25) is 0 Å². The van der Waals surface area contributed by atoms with Gasteiger partial charge in [0.15, 0.2) is 0 Å². The van der Waals surface area contributed by atoms with E-state index >= 15 is 0 Å². The second-order valence-electron chi connectivity index (χ2n) is 6.02. The second-order valence-corrected chi connectivity index (χ2v) is 6.02. The average molecular weight is 322 g/mol. The lowest BCUT2D eigenvalue weighted by atomic mass is 9.93. The highest BCUT2D eigenvalue weighted by molar-refractivity contribution is 5.86. The third-order valence-electron chi connectivity index (χ3n) is 4.71. The molecule has 0 bridgehead atoms. The van der Waals surface area contributed by atoms with Gasteiger partial charge in [-0.15, -0.1) is 0 Å². The van der Waals surface area contributed by atoms with Crippen LogP contribution < -0.4 is 16.0 Å². The number of alkyl halides is 3. The molecule has 2 heterocycles. The maximum absolute atomic E-state index is 13.3. The van der Waals surface area contributed by atoms with Crippen LogP contribution in [0, 0.1) is 0 Å². The van der Waals surface area contributed by atoms with Crippen LogP contribution in [0.3, 0.4) is 0 Å². The molecule has 8 heteroatoms. The number of hydrogen-bond acceptors (Lipinski definition) is 4. The Kier molecular flexibility index (Phi) is 5.68. The number of rotatable bonds is 5. The number of halogens is 3. The highest BCUT2D eigenvalue weighted by Crippen LogP contribution is 2.26. The van der Waals surface area contributed by atoms with Crippen molar-refractivity contribution in [2.75, 3.05) is 39.3 Å². The normalized spacial score (nSPS) is 28.5. The largest absolute Gasteiger partial charge is 0.405 e. The van der Waals surface area contributed by atoms with Gasteiger partial charge in [-0.05, 0) is 25.8 Å².